The molecule has 0 bridgehead atoms. The highest BCUT2D eigenvalue weighted by Crippen LogP contribution is 2.57. The van der Waals surface area contributed by atoms with Gasteiger partial charge in [-0.25, -0.2) is 0 Å². The van der Waals surface area contributed by atoms with E-state index in [0.29, 0.717) is 0 Å². The van der Waals surface area contributed by atoms with Crippen LogP contribution in [0.15, 0.2) is 24.3 Å². The Morgan fingerprint density at radius 1 is 0.850 bits per heavy atom. The van der Waals surface area contributed by atoms with Gasteiger partial charge in [0.25, 0.3) is 16.0 Å². The SMILES string of the molecule is CN[C@@H]1[C@H](O[C@@H]2OC[C@@H](O)[C@H](O)[C@H]2O)[C@@H](O)[C@H](O[C@H]2c3cc(C)c(C(=O)NCS(=O)(=O)O)c(O)c3-c3c(cc4c(c3O)C(=O)c3cc(OC)cc(O)c3C4=O)[C@@H]2O)O[C@@H]1C. The summed E-state index contributed by atoms with van der Waals surface area (Å²) in [5, 5.41) is 94.3. The van der Waals surface area contributed by atoms with Crippen LogP contribution < -0.4 is 15.4 Å². The molecule has 4 aliphatic rings. The Morgan fingerprint density at radius 2 is 1.50 bits per heavy atom. The van der Waals surface area contributed by atoms with Crippen molar-refractivity contribution in [3.8, 4) is 34.1 Å². The number of likely N-dealkylation sites (N-methyl/N-ethyl adjacent to an activating group) is 1. The van der Waals surface area contributed by atoms with E-state index in [2.05, 4.69) is 5.32 Å². The number of aryl methyl sites for hydroxylation is 1. The fourth-order valence-electron chi connectivity index (χ4n) is 8.21. The normalized spacial score (nSPS) is 29.9. The van der Waals surface area contributed by atoms with Crippen LogP contribution in [0.3, 0.4) is 0 Å². The van der Waals surface area contributed by atoms with Gasteiger partial charge in [-0.15, -0.1) is 0 Å². The largest absolute Gasteiger partial charge is 0.507 e. The number of carbonyl (C=O) groups is 3. The van der Waals surface area contributed by atoms with E-state index >= 15 is 0 Å². The third-order valence-electron chi connectivity index (χ3n) is 11.1. The number of hydrogen-bond donors (Lipinski definition) is 11. The van der Waals surface area contributed by atoms with E-state index in [1.54, 1.807) is 6.92 Å². The van der Waals surface area contributed by atoms with Gasteiger partial charge in [-0.05, 0) is 49.7 Å². The van der Waals surface area contributed by atoms with Crippen LogP contribution >= 0.6 is 0 Å². The maximum Gasteiger partial charge on any atom is 0.283 e. The van der Waals surface area contributed by atoms with Gasteiger partial charge in [-0.1, -0.05) is 6.07 Å². The second-order valence-corrected chi connectivity index (χ2v) is 16.3. The molecule has 2 heterocycles. The Balaban J connectivity index is 1.36. The summed E-state index contributed by atoms with van der Waals surface area (Å²) in [6.45, 7) is 2.47. The topological polar surface area (TPSA) is 338 Å². The molecule has 3 aromatic rings. The molecule has 11 N–H and O–H groups in total. The van der Waals surface area contributed by atoms with Gasteiger partial charge in [-0.3, -0.25) is 18.9 Å². The van der Waals surface area contributed by atoms with Gasteiger partial charge in [0, 0.05) is 28.3 Å². The number of ether oxygens (including phenoxy) is 5. The molecule has 60 heavy (non-hydrogen) atoms. The van der Waals surface area contributed by atoms with Gasteiger partial charge in [-0.2, -0.15) is 8.42 Å². The van der Waals surface area contributed by atoms with E-state index in [4.69, 9.17) is 23.7 Å². The second-order valence-electron chi connectivity index (χ2n) is 14.8. The predicted octanol–water partition coefficient (Wildman–Crippen LogP) is -1.24. The van der Waals surface area contributed by atoms with Gasteiger partial charge >= 0.3 is 0 Å². The van der Waals surface area contributed by atoms with Gasteiger partial charge in [0.1, 0.15) is 71.6 Å². The molecule has 2 fully saturated rings. The molecule has 2 aliphatic carbocycles. The van der Waals surface area contributed by atoms with Gasteiger partial charge in [0.15, 0.2) is 24.1 Å². The number of methoxy groups -OCH3 is 1. The van der Waals surface area contributed by atoms with Crippen molar-refractivity contribution in [1.29, 1.82) is 0 Å². The van der Waals surface area contributed by atoms with Crippen molar-refractivity contribution in [3.63, 3.8) is 0 Å². The molecular weight excluding hydrogens is 820 g/mol. The molecule has 2 aliphatic heterocycles. The molecule has 3 aromatic carbocycles. The van der Waals surface area contributed by atoms with Crippen LogP contribution in [-0.2, 0) is 29.1 Å². The fraction of sp³-hybridized carbons (Fsp3) is 0.447. The number of rotatable bonds is 9. The van der Waals surface area contributed by atoms with Crippen LogP contribution in [0.25, 0.3) is 11.1 Å². The lowest BCUT2D eigenvalue weighted by Crippen LogP contribution is -2.65. The summed E-state index contributed by atoms with van der Waals surface area (Å²) in [7, 11) is -1.98. The van der Waals surface area contributed by atoms with Gasteiger partial charge in [0.05, 0.1) is 42.6 Å². The highest BCUT2D eigenvalue weighted by molar-refractivity contribution is 7.85. The molecule has 7 rings (SSSR count). The summed E-state index contributed by atoms with van der Waals surface area (Å²) in [4.78, 5) is 41.4. The number of nitrogens with one attached hydrogen (secondary N) is 2. The maximum absolute atomic E-state index is 14.1. The smallest absolute Gasteiger partial charge is 0.283 e. The molecule has 0 spiro atoms. The van der Waals surface area contributed by atoms with E-state index in [1.807, 2.05) is 5.32 Å². The number of phenolic OH excluding ortho intramolecular Hbond substituents is 3. The summed E-state index contributed by atoms with van der Waals surface area (Å²) in [5.41, 5.74) is -3.88. The average molecular weight is 863 g/mol. The van der Waals surface area contributed by atoms with Crippen LogP contribution in [0, 0.1) is 6.92 Å². The van der Waals surface area contributed by atoms with E-state index in [9.17, 15) is 68.2 Å². The standard InChI is InChI=1S/C38H42N2O19S/c1-11-5-17-23(30(47)20(11)36(51)40-10-60(52,53)54)22-15(8-16-24(31(22)48)27(44)14-6-13(55-4)7-18(41)21(14)26(16)43)28(45)34(17)58-38-33(50)35(25(39-3)12(2)57-38)59-37-32(49)29(46)19(42)9-56-37/h5-8,12,19,25,28-29,32-35,37-39,41-42,45-50H,9-10H2,1-4H3,(H,40,51)(H,52,53,54)/t12-,19-,25+,28+,29+,32-,33-,34+,35+,37+,38+/m1/s1. The zero-order chi connectivity index (χ0) is 43.9. The van der Waals surface area contributed by atoms with Crippen LogP contribution in [0.5, 0.6) is 23.0 Å². The van der Waals surface area contributed by atoms with Gasteiger partial charge < -0.3 is 75.2 Å². The molecule has 21 nitrogen and oxygen atoms in total. The first-order valence-corrected chi connectivity index (χ1v) is 20.0. The number of benzene rings is 3. The number of ketones is 2. The van der Waals surface area contributed by atoms with Crippen molar-refractivity contribution in [2.24, 2.45) is 0 Å². The number of amides is 1. The molecule has 0 saturated carbocycles. The monoisotopic (exact) mass is 862 g/mol. The Bertz CT molecular complexity index is 2390. The Hall–Kier alpha value is -4.82. The maximum atomic E-state index is 14.1. The van der Waals surface area contributed by atoms with Crippen LogP contribution in [-0.4, -0.2) is 153 Å². The molecule has 0 aromatic heterocycles. The lowest BCUT2D eigenvalue weighted by molar-refractivity contribution is -0.339. The highest BCUT2D eigenvalue weighted by Gasteiger charge is 2.51. The number of aliphatic hydroxyl groups excluding tert-OH is 5. The van der Waals surface area contributed by atoms with Crippen molar-refractivity contribution in [2.75, 3.05) is 26.6 Å². The first kappa shape index (κ1) is 43.3. The molecule has 2 saturated heterocycles. The van der Waals surface area contributed by atoms with E-state index in [1.165, 1.54) is 33.2 Å². The first-order valence-electron chi connectivity index (χ1n) is 18.4. The number of phenols is 3. The highest BCUT2D eigenvalue weighted by atomic mass is 32.2. The summed E-state index contributed by atoms with van der Waals surface area (Å²) < 4.78 is 61.1. The molecule has 0 radical (unpaired) electrons. The van der Waals surface area contributed by atoms with Crippen molar-refractivity contribution in [2.45, 2.75) is 81.3 Å². The molecule has 324 valence electrons. The van der Waals surface area contributed by atoms with Crippen molar-refractivity contribution in [3.05, 3.63) is 68.8 Å². The van der Waals surface area contributed by atoms with E-state index in [0.717, 1.165) is 12.1 Å². The first-order chi connectivity index (χ1) is 28.2. The molecule has 1 amide bonds. The predicted molar refractivity (Wildman–Crippen MR) is 200 cm³/mol. The third kappa shape index (κ3) is 7.16. The number of aliphatic hydroxyl groups is 5. The average Bonchev–Trinajstić information content (AvgIpc) is 3.18. The van der Waals surface area contributed by atoms with E-state index < -0.39 is 158 Å². The minimum atomic E-state index is -4.75. The van der Waals surface area contributed by atoms with Crippen LogP contribution in [0.2, 0.25) is 0 Å². The number of carbonyl (C=O) groups excluding carboxylic acids is 3. The molecule has 11 atom stereocenters. The Labute approximate surface area is 340 Å². The number of fused-ring (bicyclic) bond motifs is 5. The van der Waals surface area contributed by atoms with Crippen molar-refractivity contribution in [1.82, 2.24) is 10.6 Å². The summed E-state index contributed by atoms with van der Waals surface area (Å²) >= 11 is 0. The fourth-order valence-corrected chi connectivity index (χ4v) is 8.53. The summed E-state index contributed by atoms with van der Waals surface area (Å²) in [6, 6.07) is 3.70. The zero-order valence-corrected chi connectivity index (χ0v) is 32.9. The minimum Gasteiger partial charge on any atom is -0.507 e. The quantitative estimate of drug-likeness (QED) is 0.0877. The number of hydrogen-bond acceptors (Lipinski definition) is 19. The summed E-state index contributed by atoms with van der Waals surface area (Å²) in [5.74, 6) is -6.89. The third-order valence-corrected chi connectivity index (χ3v) is 11.6. The van der Waals surface area contributed by atoms with Crippen LogP contribution in [0.4, 0.5) is 0 Å². The molecule has 0 unspecified atom stereocenters. The lowest BCUT2D eigenvalue weighted by atomic mass is 9.74. The Kier molecular flexibility index (Phi) is 11.5. The molecule has 22 heteroatoms. The van der Waals surface area contributed by atoms with Crippen molar-refractivity contribution < 1.29 is 91.9 Å². The molecular formula is C38H42N2O19S. The second kappa shape index (κ2) is 15.9. The number of aromatic hydroxyl groups is 3. The van der Waals surface area contributed by atoms with E-state index in [-0.39, 0.29) is 28.0 Å². The minimum absolute atomic E-state index is 0.00308. The Morgan fingerprint density at radius 3 is 2.15 bits per heavy atom. The zero-order valence-electron chi connectivity index (χ0n) is 32.1. The lowest BCUT2D eigenvalue weighted by Gasteiger charge is -2.47. The van der Waals surface area contributed by atoms with Crippen molar-refractivity contribution >= 4 is 27.6 Å². The van der Waals surface area contributed by atoms with Gasteiger partial charge in [0.2, 0.25) is 0 Å². The summed E-state index contributed by atoms with van der Waals surface area (Å²) in [6.07, 6.45) is -15.8. The van der Waals surface area contributed by atoms with Crippen LogP contribution in [0.1, 0.15) is 78.0 Å².